The lowest BCUT2D eigenvalue weighted by atomic mass is 9.94. The molecule has 2 saturated heterocycles. The second-order valence-electron chi connectivity index (χ2n) is 7.19. The molecule has 0 aliphatic carbocycles. The summed E-state index contributed by atoms with van der Waals surface area (Å²) in [5.74, 6) is 0.518. The van der Waals surface area contributed by atoms with Gasteiger partial charge in [0.15, 0.2) is 0 Å². The van der Waals surface area contributed by atoms with Gasteiger partial charge in [-0.3, -0.25) is 9.80 Å². The van der Waals surface area contributed by atoms with E-state index in [0.29, 0.717) is 18.6 Å². The number of hydrogen-bond donors (Lipinski definition) is 1. The highest BCUT2D eigenvalue weighted by Crippen LogP contribution is 2.24. The molecule has 1 aromatic rings. The van der Waals surface area contributed by atoms with E-state index < -0.39 is 0 Å². The van der Waals surface area contributed by atoms with Crippen LogP contribution in [-0.2, 0) is 0 Å². The van der Waals surface area contributed by atoms with Gasteiger partial charge >= 0.3 is 0 Å². The Kier molecular flexibility index (Phi) is 6.73. The van der Waals surface area contributed by atoms with Crippen molar-refractivity contribution >= 4 is 17.7 Å². The molecule has 1 aromatic carbocycles. The van der Waals surface area contributed by atoms with Crippen molar-refractivity contribution in [2.45, 2.75) is 31.7 Å². The summed E-state index contributed by atoms with van der Waals surface area (Å²) in [6.07, 6.45) is 6.90. The third kappa shape index (κ3) is 5.06. The van der Waals surface area contributed by atoms with Crippen molar-refractivity contribution in [3.8, 4) is 0 Å². The largest absolute Gasteiger partial charge is 0.396 e. The fourth-order valence-electron chi connectivity index (χ4n) is 3.96. The number of piperidine rings is 2. The van der Waals surface area contributed by atoms with Crippen LogP contribution in [0.3, 0.4) is 0 Å². The predicted octanol–water partition coefficient (Wildman–Crippen LogP) is 3.44. The number of aliphatic hydroxyl groups is 1. The van der Waals surface area contributed by atoms with Crippen molar-refractivity contribution in [2.24, 2.45) is 5.92 Å². The van der Waals surface area contributed by atoms with E-state index in [1.807, 2.05) is 18.2 Å². The Morgan fingerprint density at radius 3 is 2.58 bits per heavy atom. The van der Waals surface area contributed by atoms with Crippen molar-refractivity contribution in [1.29, 1.82) is 0 Å². The maximum absolute atomic E-state index is 9.30. The van der Waals surface area contributed by atoms with E-state index in [9.17, 15) is 5.11 Å². The molecular formula is C20H29ClN2O. The standard InChI is InChI=1S/C20H29ClN2O/c21-19(13-17-5-2-1-3-6-17)14-22-10-4-7-20(15-22)23-11-8-18(16-24)9-12-23/h1-3,5-6,13,18,20,24H,4,7-12,14-16H2/b19-13-/t20-/m1/s1. The Hall–Kier alpha value is -0.870. The number of benzene rings is 1. The van der Waals surface area contributed by atoms with Crippen molar-refractivity contribution in [3.63, 3.8) is 0 Å². The van der Waals surface area contributed by atoms with Gasteiger partial charge in [0.05, 0.1) is 0 Å². The van der Waals surface area contributed by atoms with Crippen molar-refractivity contribution in [3.05, 3.63) is 40.9 Å². The molecule has 0 unspecified atom stereocenters. The first-order valence-corrected chi connectivity index (χ1v) is 9.61. The van der Waals surface area contributed by atoms with Gasteiger partial charge in [0, 0.05) is 30.8 Å². The van der Waals surface area contributed by atoms with Crippen LogP contribution in [0, 0.1) is 5.92 Å². The van der Waals surface area contributed by atoms with Crippen LogP contribution in [-0.4, -0.2) is 60.3 Å². The second kappa shape index (κ2) is 9.00. The Balaban J connectivity index is 1.51. The molecule has 0 radical (unpaired) electrons. The molecule has 0 spiro atoms. The van der Waals surface area contributed by atoms with Crippen molar-refractivity contribution < 1.29 is 5.11 Å². The number of rotatable bonds is 5. The minimum Gasteiger partial charge on any atom is -0.396 e. The van der Waals surface area contributed by atoms with Crippen molar-refractivity contribution in [2.75, 3.05) is 39.3 Å². The molecule has 3 nitrogen and oxygen atoms in total. The van der Waals surface area contributed by atoms with E-state index in [0.717, 1.165) is 50.6 Å². The highest BCUT2D eigenvalue weighted by Gasteiger charge is 2.28. The molecule has 1 atom stereocenters. The first-order chi connectivity index (χ1) is 11.7. The van der Waals surface area contributed by atoms with Crippen LogP contribution >= 0.6 is 11.6 Å². The minimum atomic E-state index is 0.352. The summed E-state index contributed by atoms with van der Waals surface area (Å²) in [5, 5.41) is 10.2. The lowest BCUT2D eigenvalue weighted by Crippen LogP contribution is -2.50. The molecule has 2 aliphatic rings. The van der Waals surface area contributed by atoms with Crippen LogP contribution in [0.5, 0.6) is 0 Å². The molecular weight excluding hydrogens is 320 g/mol. The van der Waals surface area contributed by atoms with E-state index in [2.05, 4.69) is 28.0 Å². The van der Waals surface area contributed by atoms with Crippen LogP contribution in [0.4, 0.5) is 0 Å². The lowest BCUT2D eigenvalue weighted by Gasteiger charge is -2.42. The summed E-state index contributed by atoms with van der Waals surface area (Å²) >= 11 is 6.50. The molecule has 0 saturated carbocycles. The van der Waals surface area contributed by atoms with E-state index in [4.69, 9.17) is 11.6 Å². The van der Waals surface area contributed by atoms with Gasteiger partial charge in [-0.1, -0.05) is 41.9 Å². The first kappa shape index (κ1) is 17.9. The van der Waals surface area contributed by atoms with Gasteiger partial charge in [0.1, 0.15) is 0 Å². The van der Waals surface area contributed by atoms with Crippen LogP contribution in [0.15, 0.2) is 35.4 Å². The number of likely N-dealkylation sites (tertiary alicyclic amines) is 2. The zero-order valence-corrected chi connectivity index (χ0v) is 15.2. The monoisotopic (exact) mass is 348 g/mol. The molecule has 4 heteroatoms. The zero-order chi connectivity index (χ0) is 16.8. The number of nitrogens with zero attached hydrogens (tertiary/aromatic N) is 2. The maximum Gasteiger partial charge on any atom is 0.0460 e. The van der Waals surface area contributed by atoms with Gasteiger partial charge in [0.2, 0.25) is 0 Å². The Labute approximate surface area is 150 Å². The molecule has 0 aromatic heterocycles. The number of hydrogen-bond acceptors (Lipinski definition) is 3. The summed E-state index contributed by atoms with van der Waals surface area (Å²) in [4.78, 5) is 5.13. The minimum absolute atomic E-state index is 0.352. The molecule has 2 heterocycles. The quantitative estimate of drug-likeness (QED) is 0.883. The second-order valence-corrected chi connectivity index (χ2v) is 7.68. The summed E-state index contributed by atoms with van der Waals surface area (Å²) < 4.78 is 0. The molecule has 2 fully saturated rings. The fraction of sp³-hybridized carbons (Fsp3) is 0.600. The average molecular weight is 349 g/mol. The van der Waals surface area contributed by atoms with Crippen LogP contribution < -0.4 is 0 Å². The Bertz CT molecular complexity index is 526. The van der Waals surface area contributed by atoms with E-state index in [-0.39, 0.29) is 0 Å². The van der Waals surface area contributed by atoms with Gasteiger partial charge in [-0.25, -0.2) is 0 Å². The maximum atomic E-state index is 9.30. The fourth-order valence-corrected chi connectivity index (χ4v) is 4.26. The van der Waals surface area contributed by atoms with E-state index >= 15 is 0 Å². The van der Waals surface area contributed by atoms with Gasteiger partial charge in [0.25, 0.3) is 0 Å². The predicted molar refractivity (Wildman–Crippen MR) is 101 cm³/mol. The molecule has 24 heavy (non-hydrogen) atoms. The van der Waals surface area contributed by atoms with Gasteiger partial charge in [-0.2, -0.15) is 0 Å². The topological polar surface area (TPSA) is 26.7 Å². The number of halogens is 1. The van der Waals surface area contributed by atoms with Crippen LogP contribution in [0.1, 0.15) is 31.2 Å². The SMILES string of the molecule is OCC1CCN([C@@H]2CCCN(C/C(Cl)=C/c3ccccc3)C2)CC1. The van der Waals surface area contributed by atoms with Gasteiger partial charge in [-0.05, 0) is 62.9 Å². The van der Waals surface area contributed by atoms with Crippen LogP contribution in [0.25, 0.3) is 6.08 Å². The highest BCUT2D eigenvalue weighted by atomic mass is 35.5. The molecule has 1 N–H and O–H groups in total. The van der Waals surface area contributed by atoms with Gasteiger partial charge < -0.3 is 5.11 Å². The van der Waals surface area contributed by atoms with Gasteiger partial charge in [-0.15, -0.1) is 0 Å². The molecule has 0 amide bonds. The third-order valence-corrected chi connectivity index (χ3v) is 5.63. The Morgan fingerprint density at radius 1 is 1.12 bits per heavy atom. The molecule has 0 bridgehead atoms. The normalized spacial score (nSPS) is 25.1. The van der Waals surface area contributed by atoms with E-state index in [1.54, 1.807) is 0 Å². The summed E-state index contributed by atoms with van der Waals surface area (Å²) in [7, 11) is 0. The van der Waals surface area contributed by atoms with Crippen molar-refractivity contribution in [1.82, 2.24) is 9.80 Å². The average Bonchev–Trinajstić information content (AvgIpc) is 2.63. The van der Waals surface area contributed by atoms with Crippen LogP contribution in [0.2, 0.25) is 0 Å². The van der Waals surface area contributed by atoms with E-state index in [1.165, 1.54) is 18.4 Å². The molecule has 132 valence electrons. The lowest BCUT2D eigenvalue weighted by molar-refractivity contribution is 0.0600. The summed E-state index contributed by atoms with van der Waals surface area (Å²) in [6.45, 7) is 5.73. The summed E-state index contributed by atoms with van der Waals surface area (Å²) in [5.41, 5.74) is 1.17. The summed E-state index contributed by atoms with van der Waals surface area (Å²) in [6, 6.07) is 10.9. The number of aliphatic hydroxyl groups excluding tert-OH is 1. The zero-order valence-electron chi connectivity index (χ0n) is 14.4. The molecule has 2 aliphatic heterocycles. The first-order valence-electron chi connectivity index (χ1n) is 9.23. The Morgan fingerprint density at radius 2 is 1.88 bits per heavy atom. The molecule has 3 rings (SSSR count). The highest BCUT2D eigenvalue weighted by molar-refractivity contribution is 6.31. The smallest absolute Gasteiger partial charge is 0.0460 e. The third-order valence-electron chi connectivity index (χ3n) is 5.40.